The fourth-order valence-corrected chi connectivity index (χ4v) is 3.29. The molecule has 0 aliphatic carbocycles. The second-order valence-electron chi connectivity index (χ2n) is 6.71. The van der Waals surface area contributed by atoms with Gasteiger partial charge in [0.15, 0.2) is 6.61 Å². The van der Waals surface area contributed by atoms with Gasteiger partial charge in [-0.25, -0.2) is 9.59 Å². The van der Waals surface area contributed by atoms with Crippen LogP contribution in [0.15, 0.2) is 66.9 Å². The van der Waals surface area contributed by atoms with Crippen LogP contribution in [0.4, 0.5) is 11.4 Å². The van der Waals surface area contributed by atoms with Crippen molar-refractivity contribution in [2.45, 2.75) is 20.8 Å². The van der Waals surface area contributed by atoms with Gasteiger partial charge in [-0.05, 0) is 31.2 Å². The number of aromatic nitrogens is 1. The van der Waals surface area contributed by atoms with Crippen molar-refractivity contribution in [3.8, 4) is 11.3 Å². The molecule has 3 rings (SSSR count). The summed E-state index contributed by atoms with van der Waals surface area (Å²) in [7, 11) is 0. The van der Waals surface area contributed by atoms with E-state index in [2.05, 4.69) is 15.0 Å². The first-order valence-corrected chi connectivity index (χ1v) is 12.3. The fraction of sp³-hybridized carbons (Fsp3) is 0.231. The number of nitrogens with one attached hydrogen (secondary N) is 2. The molecule has 0 fully saturated rings. The Morgan fingerprint density at radius 2 is 1.69 bits per heavy atom. The van der Waals surface area contributed by atoms with Crippen molar-refractivity contribution >= 4 is 41.2 Å². The van der Waals surface area contributed by atoms with Gasteiger partial charge in [0, 0.05) is 17.5 Å². The van der Waals surface area contributed by atoms with Gasteiger partial charge in [-0.2, -0.15) is 0 Å². The zero-order chi connectivity index (χ0) is 25.6. The van der Waals surface area contributed by atoms with Crippen LogP contribution < -0.4 is 10.0 Å². The number of carbonyl (C=O) groups excluding carboxylic acids is 3. The van der Waals surface area contributed by atoms with E-state index in [1.54, 1.807) is 31.2 Å². The smallest absolute Gasteiger partial charge is 0.340 e. The summed E-state index contributed by atoms with van der Waals surface area (Å²) in [6.45, 7) is 5.34. The maximum Gasteiger partial charge on any atom is 0.340 e. The van der Waals surface area contributed by atoms with Gasteiger partial charge < -0.3 is 19.5 Å². The van der Waals surface area contributed by atoms with Gasteiger partial charge in [0.25, 0.3) is 5.91 Å². The molecule has 8 nitrogen and oxygen atoms in total. The standard InChI is InChI=1S/C24H23N3O5S.C2H6/c1-3-31-24(30)19-13-20(16-8-5-4-6-9-16)25-14-21(19)26-22(28)15-32-23(29)17-10-7-11-18(12-17)27-33-2;1-2/h4-14,27H,3,15H2,1-2H3,(H,26,28);1-2H3. The summed E-state index contributed by atoms with van der Waals surface area (Å²) in [6.07, 6.45) is 3.24. The van der Waals surface area contributed by atoms with Crippen LogP contribution in [-0.4, -0.2) is 42.3 Å². The molecule has 0 atom stereocenters. The quantitative estimate of drug-likeness (QED) is 0.299. The molecule has 1 aromatic heterocycles. The first kappa shape index (κ1) is 27.4. The topological polar surface area (TPSA) is 107 Å². The van der Waals surface area contributed by atoms with Crippen molar-refractivity contribution in [1.82, 2.24) is 4.98 Å². The second kappa shape index (κ2) is 14.4. The Kier molecular flexibility index (Phi) is 11.3. The molecule has 2 aromatic carbocycles. The first-order chi connectivity index (χ1) is 17.0. The van der Waals surface area contributed by atoms with Crippen LogP contribution >= 0.6 is 11.9 Å². The van der Waals surface area contributed by atoms with Crippen molar-refractivity contribution < 1.29 is 23.9 Å². The number of hydrogen-bond donors (Lipinski definition) is 2. The third kappa shape index (κ3) is 8.15. The molecule has 0 aliphatic heterocycles. The largest absolute Gasteiger partial charge is 0.462 e. The number of amides is 1. The lowest BCUT2D eigenvalue weighted by Gasteiger charge is -2.12. The fourth-order valence-electron chi connectivity index (χ4n) is 2.93. The first-order valence-electron chi connectivity index (χ1n) is 11.1. The molecule has 0 saturated carbocycles. The van der Waals surface area contributed by atoms with E-state index in [4.69, 9.17) is 9.47 Å². The molecule has 1 amide bonds. The highest BCUT2D eigenvalue weighted by molar-refractivity contribution is 7.99. The molecular weight excluding hydrogens is 466 g/mol. The zero-order valence-electron chi connectivity index (χ0n) is 20.2. The maximum atomic E-state index is 12.5. The number of pyridine rings is 1. The second-order valence-corrected chi connectivity index (χ2v) is 7.33. The number of rotatable bonds is 9. The Hall–Kier alpha value is -3.85. The lowest BCUT2D eigenvalue weighted by molar-refractivity contribution is -0.119. The zero-order valence-corrected chi connectivity index (χ0v) is 21.0. The van der Waals surface area contributed by atoms with Crippen molar-refractivity contribution in [2.24, 2.45) is 0 Å². The number of esters is 2. The SMILES string of the molecule is CC.CCOC(=O)c1cc(-c2ccccc2)ncc1NC(=O)COC(=O)c1cccc(NSC)c1. The molecular formula is C26H29N3O5S. The average Bonchev–Trinajstić information content (AvgIpc) is 2.89. The minimum Gasteiger partial charge on any atom is -0.462 e. The summed E-state index contributed by atoms with van der Waals surface area (Å²) in [5.41, 5.74) is 2.74. The Labute approximate surface area is 209 Å². The van der Waals surface area contributed by atoms with Crippen molar-refractivity contribution in [2.75, 3.05) is 29.5 Å². The number of benzene rings is 2. The number of hydrogen-bond acceptors (Lipinski definition) is 8. The molecule has 0 saturated heterocycles. The Balaban J connectivity index is 0.00000210. The van der Waals surface area contributed by atoms with Crippen molar-refractivity contribution in [1.29, 1.82) is 0 Å². The number of carbonyl (C=O) groups is 3. The van der Waals surface area contributed by atoms with E-state index >= 15 is 0 Å². The molecule has 1 heterocycles. The Morgan fingerprint density at radius 1 is 0.943 bits per heavy atom. The normalized spacial score (nSPS) is 9.83. The summed E-state index contributed by atoms with van der Waals surface area (Å²) in [6, 6.07) is 17.6. The van der Waals surface area contributed by atoms with E-state index < -0.39 is 24.5 Å². The van der Waals surface area contributed by atoms with E-state index in [1.807, 2.05) is 56.5 Å². The third-order valence-electron chi connectivity index (χ3n) is 4.40. The van der Waals surface area contributed by atoms with Gasteiger partial charge in [-0.1, -0.05) is 62.2 Å². The van der Waals surface area contributed by atoms with Gasteiger partial charge in [0.1, 0.15) is 0 Å². The lowest BCUT2D eigenvalue weighted by Crippen LogP contribution is -2.22. The minimum absolute atomic E-state index is 0.154. The van der Waals surface area contributed by atoms with E-state index in [1.165, 1.54) is 18.1 Å². The highest BCUT2D eigenvalue weighted by Gasteiger charge is 2.18. The van der Waals surface area contributed by atoms with Crippen molar-refractivity contribution in [3.05, 3.63) is 78.0 Å². The van der Waals surface area contributed by atoms with Gasteiger partial charge in [-0.3, -0.25) is 9.78 Å². The summed E-state index contributed by atoms with van der Waals surface area (Å²) in [4.78, 5) is 41.5. The van der Waals surface area contributed by atoms with Crippen LogP contribution in [0.1, 0.15) is 41.5 Å². The molecule has 0 radical (unpaired) electrons. The number of anilines is 2. The summed E-state index contributed by atoms with van der Waals surface area (Å²) in [5, 5.41) is 2.57. The van der Waals surface area contributed by atoms with Gasteiger partial charge in [0.05, 0.1) is 35.3 Å². The predicted molar refractivity (Wildman–Crippen MR) is 139 cm³/mol. The van der Waals surface area contributed by atoms with Gasteiger partial charge in [0.2, 0.25) is 0 Å². The summed E-state index contributed by atoms with van der Waals surface area (Å²) < 4.78 is 13.3. The molecule has 184 valence electrons. The number of nitrogens with zero attached hydrogens (tertiary/aromatic N) is 1. The minimum atomic E-state index is -0.641. The van der Waals surface area contributed by atoms with Gasteiger partial charge >= 0.3 is 11.9 Å². The molecule has 35 heavy (non-hydrogen) atoms. The molecule has 3 aromatic rings. The van der Waals surface area contributed by atoms with Crippen LogP contribution in [-0.2, 0) is 14.3 Å². The van der Waals surface area contributed by atoms with Crippen molar-refractivity contribution in [3.63, 3.8) is 0 Å². The molecule has 2 N–H and O–H groups in total. The van der Waals surface area contributed by atoms with E-state index in [9.17, 15) is 14.4 Å². The molecule has 0 spiro atoms. The number of ether oxygens (including phenoxy) is 2. The Bertz CT molecular complexity index is 1140. The third-order valence-corrected chi connectivity index (χ3v) is 4.84. The molecule has 0 unspecified atom stereocenters. The van der Waals surface area contributed by atoms with E-state index in [-0.39, 0.29) is 17.9 Å². The van der Waals surface area contributed by atoms with E-state index in [0.717, 1.165) is 11.3 Å². The lowest BCUT2D eigenvalue weighted by atomic mass is 10.1. The molecule has 9 heteroatoms. The van der Waals surface area contributed by atoms with Gasteiger partial charge in [-0.15, -0.1) is 0 Å². The van der Waals surface area contributed by atoms with Crippen LogP contribution in [0, 0.1) is 0 Å². The van der Waals surface area contributed by atoms with Crippen LogP contribution in [0.5, 0.6) is 0 Å². The van der Waals surface area contributed by atoms with Crippen LogP contribution in [0.2, 0.25) is 0 Å². The van der Waals surface area contributed by atoms with E-state index in [0.29, 0.717) is 11.3 Å². The van der Waals surface area contributed by atoms with Crippen LogP contribution in [0.25, 0.3) is 11.3 Å². The average molecular weight is 496 g/mol. The molecule has 0 bridgehead atoms. The monoisotopic (exact) mass is 495 g/mol. The Morgan fingerprint density at radius 3 is 2.37 bits per heavy atom. The van der Waals surface area contributed by atoms with Crippen LogP contribution in [0.3, 0.4) is 0 Å². The predicted octanol–water partition coefficient (Wildman–Crippen LogP) is 5.44. The highest BCUT2D eigenvalue weighted by atomic mass is 32.2. The summed E-state index contributed by atoms with van der Waals surface area (Å²) >= 11 is 1.39. The summed E-state index contributed by atoms with van der Waals surface area (Å²) in [5.74, 6) is -1.85. The maximum absolute atomic E-state index is 12.5. The molecule has 0 aliphatic rings. The highest BCUT2D eigenvalue weighted by Crippen LogP contribution is 2.23.